The molecule has 11 heteroatoms. The first-order valence-corrected chi connectivity index (χ1v) is 18.8. The molecule has 2 rings (SSSR count). The zero-order chi connectivity index (χ0) is 33.3. The van der Waals surface area contributed by atoms with E-state index in [0.717, 1.165) is 11.6 Å². The molecule has 1 amide bonds. The van der Waals surface area contributed by atoms with Crippen molar-refractivity contribution in [2.45, 2.75) is 85.0 Å². The largest absolute Gasteiger partial charge is 0.468 e. The van der Waals surface area contributed by atoms with Gasteiger partial charge in [0, 0.05) is 34.3 Å². The predicted molar refractivity (Wildman–Crippen MR) is 177 cm³/mol. The van der Waals surface area contributed by atoms with Crippen molar-refractivity contribution in [3.63, 3.8) is 0 Å². The molecule has 0 heterocycles. The third kappa shape index (κ3) is 14.2. The van der Waals surface area contributed by atoms with Gasteiger partial charge in [-0.25, -0.2) is 4.79 Å². The summed E-state index contributed by atoms with van der Waals surface area (Å²) in [6.07, 6.45) is 0. The number of likely N-dealkylation sites (N-methyl/N-ethyl adjacent to an activating group) is 1. The lowest BCUT2D eigenvalue weighted by molar-refractivity contribution is -0.156. The van der Waals surface area contributed by atoms with Gasteiger partial charge in [0.1, 0.15) is 17.0 Å². The first kappa shape index (κ1) is 37.3. The number of hydrogen-bond donors (Lipinski definition) is 0. The molecule has 9 nitrogen and oxygen atoms in total. The molecule has 0 fully saturated rings. The van der Waals surface area contributed by atoms with E-state index in [0.29, 0.717) is 28.6 Å². The van der Waals surface area contributed by atoms with Gasteiger partial charge in [-0.15, -0.1) is 0 Å². The molecule has 0 N–H and O–H groups in total. The minimum absolute atomic E-state index is 0.105. The Hall–Kier alpha value is -2.92. The van der Waals surface area contributed by atoms with Gasteiger partial charge in [0.2, 0.25) is 5.91 Å². The van der Waals surface area contributed by atoms with Gasteiger partial charge in [0.05, 0.1) is 29.4 Å². The Bertz CT molecular complexity index is 1280. The highest BCUT2D eigenvalue weighted by atomic mass is 35.5. The van der Waals surface area contributed by atoms with Gasteiger partial charge in [0.25, 0.3) is 0 Å². The maximum absolute atomic E-state index is 13.5. The van der Waals surface area contributed by atoms with E-state index in [1.165, 1.54) is 4.90 Å². The van der Waals surface area contributed by atoms with Crippen LogP contribution in [0.1, 0.15) is 57.5 Å². The number of hydrogen-bond acceptors (Lipinski definition) is 8. The third-order valence-electron chi connectivity index (χ3n) is 6.06. The lowest BCUT2D eigenvalue weighted by atomic mass is 10.1. The van der Waals surface area contributed by atoms with Gasteiger partial charge in [-0.05, 0) is 77.4 Å². The van der Waals surface area contributed by atoms with Gasteiger partial charge in [-0.3, -0.25) is 14.5 Å². The molecule has 0 aliphatic carbocycles. The minimum Gasteiger partial charge on any atom is -0.468 e. The Balaban J connectivity index is 2.15. The molecule has 0 unspecified atom stereocenters. The van der Waals surface area contributed by atoms with Crippen molar-refractivity contribution in [1.82, 2.24) is 4.90 Å². The summed E-state index contributed by atoms with van der Waals surface area (Å²) in [5.74, 6) is -0.678. The van der Waals surface area contributed by atoms with Crippen molar-refractivity contribution in [2.75, 3.05) is 38.4 Å². The van der Waals surface area contributed by atoms with Gasteiger partial charge in [0.15, 0.2) is 6.79 Å². The van der Waals surface area contributed by atoms with Crippen molar-refractivity contribution >= 4 is 43.2 Å². The Morgan fingerprint density at radius 1 is 0.886 bits per heavy atom. The van der Waals surface area contributed by atoms with Crippen LogP contribution in [0.3, 0.4) is 0 Å². The normalized spacial score (nSPS) is 12.2. The van der Waals surface area contributed by atoms with E-state index in [2.05, 4.69) is 19.6 Å². The number of carbonyl (C=O) groups excluding carboxylic acids is 3. The Labute approximate surface area is 268 Å². The predicted octanol–water partition coefficient (Wildman–Crippen LogP) is 6.79. The summed E-state index contributed by atoms with van der Waals surface area (Å²) in [7, 11) is 0.441. The molecule has 244 valence electrons. The SMILES string of the molecule is CN(C(=O)CN(CC(=O)OC(C)(C)C)Cc1cccc(C(=O)OC(C)(C)C)c1)c1ccc(OCOCC[Si](C)(C)C)cc1Cl. The van der Waals surface area contributed by atoms with Crippen LogP contribution >= 0.6 is 11.6 Å². The monoisotopic (exact) mass is 648 g/mol. The molecule has 0 saturated heterocycles. The lowest BCUT2D eigenvalue weighted by Crippen LogP contribution is -2.42. The van der Waals surface area contributed by atoms with Crippen molar-refractivity contribution in [1.29, 1.82) is 0 Å². The summed E-state index contributed by atoms with van der Waals surface area (Å²) in [5, 5.41) is 0.337. The number of rotatable bonds is 14. The van der Waals surface area contributed by atoms with Crippen LogP contribution in [0.25, 0.3) is 0 Å². The van der Waals surface area contributed by atoms with Gasteiger partial charge in [-0.1, -0.05) is 43.4 Å². The summed E-state index contributed by atoms with van der Waals surface area (Å²) in [6, 6.07) is 13.1. The van der Waals surface area contributed by atoms with Crippen molar-refractivity contribution in [3.8, 4) is 5.75 Å². The van der Waals surface area contributed by atoms with Crippen LogP contribution in [-0.4, -0.2) is 75.6 Å². The topological polar surface area (TPSA) is 94.6 Å². The summed E-state index contributed by atoms with van der Waals surface area (Å²) < 4.78 is 22.3. The zero-order valence-electron chi connectivity index (χ0n) is 27.9. The van der Waals surface area contributed by atoms with E-state index in [-0.39, 0.29) is 32.3 Å². The molecule has 0 saturated carbocycles. The Morgan fingerprint density at radius 3 is 2.14 bits per heavy atom. The Kier molecular flexibility index (Phi) is 13.4. The summed E-state index contributed by atoms with van der Waals surface area (Å²) in [6.45, 7) is 18.4. The van der Waals surface area contributed by atoms with Crippen LogP contribution in [0, 0.1) is 0 Å². The zero-order valence-corrected chi connectivity index (χ0v) is 29.7. The van der Waals surface area contributed by atoms with E-state index in [1.54, 1.807) is 89.9 Å². The van der Waals surface area contributed by atoms with Crippen molar-refractivity contribution in [2.24, 2.45) is 0 Å². The van der Waals surface area contributed by atoms with Crippen LogP contribution in [0.2, 0.25) is 30.7 Å². The fourth-order valence-corrected chi connectivity index (χ4v) is 5.00. The van der Waals surface area contributed by atoms with Crippen LogP contribution in [0.15, 0.2) is 42.5 Å². The van der Waals surface area contributed by atoms with Gasteiger partial charge < -0.3 is 23.8 Å². The van der Waals surface area contributed by atoms with Gasteiger partial charge >= 0.3 is 11.9 Å². The third-order valence-corrected chi connectivity index (χ3v) is 8.07. The number of ether oxygens (including phenoxy) is 4. The molecule has 0 spiro atoms. The molecule has 0 aromatic heterocycles. The number of carbonyl (C=O) groups is 3. The summed E-state index contributed by atoms with van der Waals surface area (Å²) >= 11 is 6.54. The quantitative estimate of drug-likeness (QED) is 0.0956. The standard InChI is InChI=1S/C33H49ClN2O7Si/c1-32(2,3)42-30(38)22-36(20-24-12-11-13-25(18-24)31(39)43-33(4,5)6)21-29(37)35(7)28-15-14-26(19-27(28)34)41-23-40-16-17-44(8,9)10/h11-15,18-19H,16-17,20-23H2,1-10H3. The second-order valence-electron chi connectivity index (χ2n) is 14.0. The average Bonchev–Trinajstić information content (AvgIpc) is 2.85. The fourth-order valence-electron chi connectivity index (χ4n) is 3.94. The number of esters is 2. The second kappa shape index (κ2) is 15.9. The number of halogens is 1. The molecule has 0 aliphatic rings. The molecule has 2 aromatic carbocycles. The lowest BCUT2D eigenvalue weighted by Gasteiger charge is -2.27. The molecule has 0 aliphatic heterocycles. The molecule has 0 bridgehead atoms. The highest BCUT2D eigenvalue weighted by Crippen LogP contribution is 2.29. The molecule has 2 aromatic rings. The minimum atomic E-state index is -1.18. The molecule has 0 radical (unpaired) electrons. The number of nitrogens with zero attached hydrogens (tertiary/aromatic N) is 2. The van der Waals surface area contributed by atoms with Gasteiger partial charge in [-0.2, -0.15) is 0 Å². The van der Waals surface area contributed by atoms with Crippen LogP contribution in [0.5, 0.6) is 5.75 Å². The Morgan fingerprint density at radius 2 is 1.55 bits per heavy atom. The van der Waals surface area contributed by atoms with Crippen LogP contribution < -0.4 is 9.64 Å². The summed E-state index contributed by atoms with van der Waals surface area (Å²) in [5.41, 5.74) is 0.289. The molecule has 44 heavy (non-hydrogen) atoms. The molecule has 0 atom stereocenters. The highest BCUT2D eigenvalue weighted by molar-refractivity contribution is 6.76. The van der Waals surface area contributed by atoms with Crippen LogP contribution in [-0.2, 0) is 30.3 Å². The highest BCUT2D eigenvalue weighted by Gasteiger charge is 2.24. The van der Waals surface area contributed by atoms with Crippen molar-refractivity contribution < 1.29 is 33.3 Å². The first-order valence-electron chi connectivity index (χ1n) is 14.8. The average molecular weight is 649 g/mol. The fraction of sp³-hybridized carbons (Fsp3) is 0.545. The second-order valence-corrected chi connectivity index (χ2v) is 20.0. The maximum atomic E-state index is 13.5. The van der Waals surface area contributed by atoms with E-state index >= 15 is 0 Å². The van der Waals surface area contributed by atoms with E-state index in [4.69, 9.17) is 30.5 Å². The number of benzene rings is 2. The van der Waals surface area contributed by atoms with E-state index in [1.807, 2.05) is 6.07 Å². The number of amides is 1. The molecular formula is C33H49ClN2O7Si. The van der Waals surface area contributed by atoms with Crippen molar-refractivity contribution in [3.05, 3.63) is 58.6 Å². The van der Waals surface area contributed by atoms with E-state index < -0.39 is 31.2 Å². The first-order chi connectivity index (χ1) is 20.2. The number of anilines is 1. The smallest absolute Gasteiger partial charge is 0.338 e. The summed E-state index contributed by atoms with van der Waals surface area (Å²) in [4.78, 5) is 42.0. The maximum Gasteiger partial charge on any atom is 0.338 e. The van der Waals surface area contributed by atoms with E-state index in [9.17, 15) is 14.4 Å². The molecular weight excluding hydrogens is 600 g/mol. The van der Waals surface area contributed by atoms with Crippen LogP contribution in [0.4, 0.5) is 5.69 Å².